The maximum atomic E-state index is 12.2. The predicted molar refractivity (Wildman–Crippen MR) is 146 cm³/mol. The summed E-state index contributed by atoms with van der Waals surface area (Å²) in [6.45, 7) is 6.17. The molecule has 4 aromatic rings. The first-order chi connectivity index (χ1) is 18.1. The van der Waals surface area contributed by atoms with E-state index in [1.807, 2.05) is 36.4 Å². The van der Waals surface area contributed by atoms with Crippen LogP contribution in [0.3, 0.4) is 0 Å². The van der Waals surface area contributed by atoms with E-state index in [0.717, 1.165) is 27.7 Å². The molecule has 3 heterocycles. The van der Waals surface area contributed by atoms with Gasteiger partial charge in [-0.1, -0.05) is 36.4 Å². The maximum absolute atomic E-state index is 12.2. The first-order valence-corrected chi connectivity index (χ1v) is 12.1. The van der Waals surface area contributed by atoms with Gasteiger partial charge < -0.3 is 25.0 Å². The van der Waals surface area contributed by atoms with E-state index in [1.165, 1.54) is 6.08 Å². The first kappa shape index (κ1) is 24.5. The number of rotatable bonds is 7. The van der Waals surface area contributed by atoms with E-state index in [0.29, 0.717) is 54.4 Å². The number of methoxy groups -OCH3 is 1. The molecular weight excluding hydrogens is 492 g/mol. The lowest BCUT2D eigenvalue weighted by atomic mass is 10.0. The highest BCUT2D eigenvalue weighted by atomic mass is 35.5. The van der Waals surface area contributed by atoms with Crippen LogP contribution in [0.15, 0.2) is 67.6 Å². The topological polar surface area (TPSA) is 102 Å². The molecule has 188 valence electrons. The Labute approximate surface area is 219 Å². The van der Waals surface area contributed by atoms with Crippen LogP contribution in [-0.2, 0) is 9.53 Å². The number of anilines is 4. The molecule has 1 aliphatic rings. The monoisotopic (exact) mass is 516 g/mol. The zero-order chi connectivity index (χ0) is 25.8. The van der Waals surface area contributed by atoms with Gasteiger partial charge >= 0.3 is 0 Å². The third kappa shape index (κ3) is 5.32. The number of pyridine rings is 1. The Morgan fingerprint density at radius 3 is 2.76 bits per heavy atom. The second-order valence-electron chi connectivity index (χ2n) is 8.32. The lowest BCUT2D eigenvalue weighted by molar-refractivity contribution is -0.111. The number of hydrogen-bond donors (Lipinski definition) is 2. The van der Waals surface area contributed by atoms with Crippen LogP contribution in [0.1, 0.15) is 0 Å². The van der Waals surface area contributed by atoms with E-state index in [9.17, 15) is 4.79 Å². The number of halogens is 1. The minimum Gasteiger partial charge on any atom is -0.494 e. The van der Waals surface area contributed by atoms with E-state index in [-0.39, 0.29) is 5.91 Å². The molecule has 5 rings (SSSR count). The predicted octanol–water partition coefficient (Wildman–Crippen LogP) is 5.06. The van der Waals surface area contributed by atoms with Gasteiger partial charge in [0, 0.05) is 54.3 Å². The Morgan fingerprint density at radius 2 is 2.00 bits per heavy atom. The van der Waals surface area contributed by atoms with Gasteiger partial charge in [0.05, 0.1) is 47.9 Å². The van der Waals surface area contributed by atoms with Crippen LogP contribution in [0.4, 0.5) is 23.0 Å². The SMILES string of the molecule is C=CC(=O)Nc1cc(Nc2ncc3cccc(-c4cncc(Cl)c4)c3n2)c(OC)cc1N1CCOCC1. The van der Waals surface area contributed by atoms with Gasteiger partial charge in [-0.25, -0.2) is 9.97 Å². The van der Waals surface area contributed by atoms with Crippen LogP contribution in [0.5, 0.6) is 5.75 Å². The van der Waals surface area contributed by atoms with E-state index >= 15 is 0 Å². The Kier molecular flexibility index (Phi) is 7.16. The van der Waals surface area contributed by atoms with Crippen LogP contribution in [-0.4, -0.2) is 54.3 Å². The molecule has 37 heavy (non-hydrogen) atoms. The number of nitrogens with one attached hydrogen (secondary N) is 2. The number of carbonyl (C=O) groups excluding carboxylic acids is 1. The fourth-order valence-electron chi connectivity index (χ4n) is 4.21. The minimum absolute atomic E-state index is 0.313. The molecule has 0 radical (unpaired) electrons. The minimum atomic E-state index is -0.313. The molecule has 0 atom stereocenters. The van der Waals surface area contributed by atoms with E-state index < -0.39 is 0 Å². The zero-order valence-corrected chi connectivity index (χ0v) is 21.0. The van der Waals surface area contributed by atoms with Crippen LogP contribution >= 0.6 is 11.6 Å². The van der Waals surface area contributed by atoms with E-state index in [2.05, 4.69) is 32.1 Å². The molecule has 2 aromatic carbocycles. The highest BCUT2D eigenvalue weighted by Crippen LogP contribution is 2.39. The number of para-hydroxylation sites is 1. The summed E-state index contributed by atoms with van der Waals surface area (Å²) in [4.78, 5) is 27.9. The van der Waals surface area contributed by atoms with E-state index in [4.69, 9.17) is 26.1 Å². The zero-order valence-electron chi connectivity index (χ0n) is 20.2. The molecule has 10 heteroatoms. The number of fused-ring (bicyclic) bond motifs is 1. The Balaban J connectivity index is 1.55. The molecule has 1 aliphatic heterocycles. The molecule has 1 saturated heterocycles. The van der Waals surface area contributed by atoms with Gasteiger partial charge in [0.1, 0.15) is 5.75 Å². The smallest absolute Gasteiger partial charge is 0.247 e. The van der Waals surface area contributed by atoms with Gasteiger partial charge in [-0.05, 0) is 18.2 Å². The largest absolute Gasteiger partial charge is 0.494 e. The van der Waals surface area contributed by atoms with Crippen molar-refractivity contribution >= 4 is 51.4 Å². The molecule has 1 amide bonds. The van der Waals surface area contributed by atoms with Crippen LogP contribution in [0.25, 0.3) is 22.0 Å². The van der Waals surface area contributed by atoms with Gasteiger partial charge in [-0.15, -0.1) is 0 Å². The summed E-state index contributed by atoms with van der Waals surface area (Å²) in [6, 6.07) is 11.4. The van der Waals surface area contributed by atoms with Crippen molar-refractivity contribution in [3.05, 3.63) is 72.7 Å². The highest BCUT2D eigenvalue weighted by Gasteiger charge is 2.20. The molecule has 0 spiro atoms. The Hall–Kier alpha value is -4.21. The number of ether oxygens (including phenoxy) is 2. The van der Waals surface area contributed by atoms with Gasteiger partial charge in [0.2, 0.25) is 11.9 Å². The summed E-state index contributed by atoms with van der Waals surface area (Å²) in [6.07, 6.45) is 6.33. The number of benzene rings is 2. The number of nitrogens with zero attached hydrogens (tertiary/aromatic N) is 4. The second kappa shape index (κ2) is 10.8. The lowest BCUT2D eigenvalue weighted by Gasteiger charge is -2.31. The summed E-state index contributed by atoms with van der Waals surface area (Å²) in [5, 5.41) is 7.58. The third-order valence-electron chi connectivity index (χ3n) is 5.99. The maximum Gasteiger partial charge on any atom is 0.247 e. The van der Waals surface area contributed by atoms with Crippen molar-refractivity contribution in [2.75, 3.05) is 48.9 Å². The summed E-state index contributed by atoms with van der Waals surface area (Å²) in [5.41, 5.74) is 4.52. The number of hydrogen-bond acceptors (Lipinski definition) is 8. The highest BCUT2D eigenvalue weighted by molar-refractivity contribution is 6.30. The van der Waals surface area contributed by atoms with Gasteiger partial charge in [0.25, 0.3) is 0 Å². The van der Waals surface area contributed by atoms with Crippen molar-refractivity contribution in [1.82, 2.24) is 15.0 Å². The van der Waals surface area contributed by atoms with Crippen LogP contribution in [0, 0.1) is 0 Å². The summed E-state index contributed by atoms with van der Waals surface area (Å²) in [5.74, 6) is 0.634. The van der Waals surface area contributed by atoms with Crippen LogP contribution < -0.4 is 20.3 Å². The molecule has 0 saturated carbocycles. The third-order valence-corrected chi connectivity index (χ3v) is 6.19. The fraction of sp³-hybridized carbons (Fsp3) is 0.185. The van der Waals surface area contributed by atoms with Gasteiger partial charge in [-0.2, -0.15) is 0 Å². The van der Waals surface area contributed by atoms with Crippen molar-refractivity contribution in [3.63, 3.8) is 0 Å². The average molecular weight is 517 g/mol. The summed E-state index contributed by atoms with van der Waals surface area (Å²) >= 11 is 6.18. The number of aromatic nitrogens is 3. The number of amides is 1. The van der Waals surface area contributed by atoms with E-state index in [1.54, 1.807) is 25.7 Å². The molecule has 2 aromatic heterocycles. The van der Waals surface area contributed by atoms with Gasteiger partial charge in [0.15, 0.2) is 0 Å². The Bertz CT molecular complexity index is 1470. The van der Waals surface area contributed by atoms with Gasteiger partial charge in [-0.3, -0.25) is 9.78 Å². The quantitative estimate of drug-likeness (QED) is 0.329. The molecule has 1 fully saturated rings. The lowest BCUT2D eigenvalue weighted by Crippen LogP contribution is -2.36. The van der Waals surface area contributed by atoms with Crippen molar-refractivity contribution < 1.29 is 14.3 Å². The number of morpholine rings is 1. The molecular formula is C27H25ClN6O3. The molecule has 0 aliphatic carbocycles. The Morgan fingerprint density at radius 1 is 1.16 bits per heavy atom. The molecule has 9 nitrogen and oxygen atoms in total. The number of carbonyl (C=O) groups is 1. The normalized spacial score (nSPS) is 13.3. The van der Waals surface area contributed by atoms with Crippen molar-refractivity contribution in [2.45, 2.75) is 0 Å². The molecule has 0 bridgehead atoms. The van der Waals surface area contributed by atoms with Crippen molar-refractivity contribution in [1.29, 1.82) is 0 Å². The first-order valence-electron chi connectivity index (χ1n) is 11.7. The summed E-state index contributed by atoms with van der Waals surface area (Å²) in [7, 11) is 1.59. The molecule has 0 unspecified atom stereocenters. The average Bonchev–Trinajstić information content (AvgIpc) is 2.93. The molecule has 2 N–H and O–H groups in total. The standard InChI is InChI=1S/C27H25ClN6O3/c1-3-25(35)31-21-12-22(24(36-2)13-23(21)34-7-9-37-10-8-34)32-27-30-15-17-5-4-6-20(26(17)33-27)18-11-19(28)16-29-14-18/h3-6,11-16H,1,7-10H2,2H3,(H,31,35)(H,30,32,33). The summed E-state index contributed by atoms with van der Waals surface area (Å²) < 4.78 is 11.2. The van der Waals surface area contributed by atoms with Crippen molar-refractivity contribution in [2.24, 2.45) is 0 Å². The van der Waals surface area contributed by atoms with Crippen LogP contribution in [0.2, 0.25) is 5.02 Å². The second-order valence-corrected chi connectivity index (χ2v) is 8.75. The van der Waals surface area contributed by atoms with Crippen molar-refractivity contribution in [3.8, 4) is 16.9 Å². The fourth-order valence-corrected chi connectivity index (χ4v) is 4.39.